The van der Waals surface area contributed by atoms with Gasteiger partial charge in [-0.2, -0.15) is 18.2 Å². The third kappa shape index (κ3) is 4.93. The van der Waals surface area contributed by atoms with E-state index >= 15 is 0 Å². The van der Waals surface area contributed by atoms with Crippen molar-refractivity contribution >= 4 is 69.9 Å². The van der Waals surface area contributed by atoms with Gasteiger partial charge in [0.15, 0.2) is 27.1 Å². The number of benzene rings is 2. The number of ether oxygens (including phenoxy) is 1. The number of pyridine rings is 1. The minimum absolute atomic E-state index is 0.0163. The zero-order valence-electron chi connectivity index (χ0n) is 26.4. The van der Waals surface area contributed by atoms with Gasteiger partial charge < -0.3 is 9.84 Å². The molecule has 10 nitrogen and oxygen atoms in total. The first-order valence-electron chi connectivity index (χ1n) is 15.4. The quantitative estimate of drug-likeness (QED) is 0.141. The number of hydrazine groups is 1. The largest absolute Gasteiger partial charge is 0.504 e. The molecule has 0 radical (unpaired) electrons. The van der Waals surface area contributed by atoms with Gasteiger partial charge in [0.25, 0.3) is 23.6 Å². The minimum atomic E-state index is -4.85. The predicted octanol–water partition coefficient (Wildman–Crippen LogP) is 6.22. The monoisotopic (exact) mass is 766 g/mol. The highest BCUT2D eigenvalue weighted by Gasteiger charge is 2.76. The molecule has 2 aliphatic heterocycles. The van der Waals surface area contributed by atoms with Gasteiger partial charge >= 0.3 is 6.18 Å². The molecule has 7 rings (SSSR count). The lowest BCUT2D eigenvalue weighted by atomic mass is 9.56. The Morgan fingerprint density at radius 2 is 1.67 bits per heavy atom. The normalized spacial score (nSPS) is 28.8. The number of fused-ring (bicyclic) bond motifs is 4. The molecular formula is C34H25Cl3F4N4O6. The molecule has 2 aliphatic carbocycles. The van der Waals surface area contributed by atoms with Crippen LogP contribution in [0.5, 0.6) is 11.5 Å². The number of phenolic OH excluding ortho intramolecular Hbond substituents is 1. The second-order valence-electron chi connectivity index (χ2n) is 12.7. The number of alkyl halides is 5. The first kappa shape index (κ1) is 35.0. The van der Waals surface area contributed by atoms with Crippen molar-refractivity contribution in [2.24, 2.45) is 17.8 Å². The minimum Gasteiger partial charge on any atom is -0.504 e. The van der Waals surface area contributed by atoms with Crippen LogP contribution in [0.3, 0.4) is 0 Å². The molecule has 4 aliphatic rings. The molecule has 266 valence electrons. The summed E-state index contributed by atoms with van der Waals surface area (Å²) in [6, 6.07) is 10.3. The van der Waals surface area contributed by atoms with Crippen molar-refractivity contribution in [3.05, 3.63) is 88.3 Å². The Hall–Kier alpha value is -4.40. The fourth-order valence-corrected chi connectivity index (χ4v) is 9.01. The van der Waals surface area contributed by atoms with Gasteiger partial charge in [-0.15, -0.1) is 23.2 Å². The Morgan fingerprint density at radius 3 is 2.29 bits per heavy atom. The summed E-state index contributed by atoms with van der Waals surface area (Å²) in [5, 5.41) is 12.0. The summed E-state index contributed by atoms with van der Waals surface area (Å²) < 4.78 is 59.7. The van der Waals surface area contributed by atoms with E-state index in [0.717, 1.165) is 28.1 Å². The fraction of sp³-hybridized carbons (Fsp3) is 0.324. The molecular weight excluding hydrogens is 743 g/mol. The van der Waals surface area contributed by atoms with Crippen LogP contribution in [0.2, 0.25) is 5.02 Å². The summed E-state index contributed by atoms with van der Waals surface area (Å²) in [7, 11) is 2.50. The number of nitrogens with zero attached hydrogens (tertiary/aromatic N) is 4. The highest BCUT2D eigenvalue weighted by molar-refractivity contribution is 6.58. The van der Waals surface area contributed by atoms with Gasteiger partial charge in [-0.1, -0.05) is 29.3 Å². The van der Waals surface area contributed by atoms with Gasteiger partial charge in [0.1, 0.15) is 11.5 Å². The lowest BCUT2D eigenvalue weighted by molar-refractivity contribution is -0.141. The maximum absolute atomic E-state index is 14.4. The van der Waals surface area contributed by atoms with Crippen molar-refractivity contribution < 1.29 is 46.6 Å². The Balaban J connectivity index is 1.35. The summed E-state index contributed by atoms with van der Waals surface area (Å²) >= 11 is 20.8. The number of imide groups is 2. The molecule has 2 aromatic carbocycles. The average molecular weight is 768 g/mol. The number of allylic oxidation sites excluding steroid dienone is 2. The zero-order chi connectivity index (χ0) is 36.9. The molecule has 1 N–H and O–H groups in total. The molecule has 0 unspecified atom stereocenters. The van der Waals surface area contributed by atoms with E-state index < -0.39 is 87.0 Å². The Morgan fingerprint density at radius 1 is 0.980 bits per heavy atom. The molecule has 6 atom stereocenters. The first-order valence-corrected chi connectivity index (χ1v) is 16.5. The van der Waals surface area contributed by atoms with Crippen LogP contribution in [-0.2, 0) is 25.4 Å². The van der Waals surface area contributed by atoms with E-state index in [2.05, 4.69) is 4.98 Å². The van der Waals surface area contributed by atoms with Gasteiger partial charge in [0.2, 0.25) is 0 Å². The molecule has 17 heteroatoms. The molecule has 1 saturated carbocycles. The maximum atomic E-state index is 14.4. The SMILES string of the molecule is COc1ccc([C@H]2C3=CC[C@@H]4C(=O)N(N(C)c5nc(C(F)(F)F)ccc5Cl)C(=O)[C@@H]4[C@@H]3C[C@@]3(Cl)C(=O)N(c4ccc(F)cc4)C(=O)[C@@]23Cl)cc1O. The number of aromatic hydroxyl groups is 1. The maximum Gasteiger partial charge on any atom is 0.433 e. The molecule has 3 aromatic rings. The van der Waals surface area contributed by atoms with Gasteiger partial charge in [-0.05, 0) is 72.9 Å². The number of hydrogen-bond acceptors (Lipinski definition) is 8. The number of anilines is 2. The van der Waals surface area contributed by atoms with Crippen LogP contribution in [0.4, 0.5) is 29.1 Å². The van der Waals surface area contributed by atoms with E-state index in [1.807, 2.05) is 0 Å². The van der Waals surface area contributed by atoms with Crippen LogP contribution in [0.1, 0.15) is 30.0 Å². The lowest BCUT2D eigenvalue weighted by Gasteiger charge is -2.50. The highest BCUT2D eigenvalue weighted by atomic mass is 35.5. The Bertz CT molecular complexity index is 2070. The molecule has 3 fully saturated rings. The van der Waals surface area contributed by atoms with E-state index in [4.69, 9.17) is 39.5 Å². The van der Waals surface area contributed by atoms with Crippen molar-refractivity contribution in [1.82, 2.24) is 9.99 Å². The number of phenols is 1. The summed E-state index contributed by atoms with van der Waals surface area (Å²) in [5.41, 5.74) is -0.701. The van der Waals surface area contributed by atoms with Crippen LogP contribution in [0.15, 0.2) is 66.2 Å². The number of hydrogen-bond donors (Lipinski definition) is 1. The van der Waals surface area contributed by atoms with Crippen molar-refractivity contribution in [2.75, 3.05) is 24.1 Å². The van der Waals surface area contributed by atoms with Crippen molar-refractivity contribution in [1.29, 1.82) is 0 Å². The van der Waals surface area contributed by atoms with Crippen molar-refractivity contribution in [3.8, 4) is 11.5 Å². The second-order valence-corrected chi connectivity index (χ2v) is 14.3. The van der Waals surface area contributed by atoms with Crippen LogP contribution in [0, 0.1) is 23.6 Å². The van der Waals surface area contributed by atoms with Crippen molar-refractivity contribution in [3.63, 3.8) is 0 Å². The van der Waals surface area contributed by atoms with E-state index in [1.54, 1.807) is 6.08 Å². The topological polar surface area (TPSA) is 120 Å². The van der Waals surface area contributed by atoms with E-state index in [0.29, 0.717) is 16.6 Å². The van der Waals surface area contributed by atoms with Crippen LogP contribution < -0.4 is 14.6 Å². The van der Waals surface area contributed by atoms with Crippen molar-refractivity contribution in [2.45, 2.75) is 34.7 Å². The number of carbonyl (C=O) groups excluding carboxylic acids is 4. The van der Waals surface area contributed by atoms with E-state index in [9.17, 15) is 41.8 Å². The van der Waals surface area contributed by atoms with Crippen LogP contribution in [-0.4, -0.2) is 62.6 Å². The number of aromatic nitrogens is 1. The van der Waals surface area contributed by atoms with Crippen LogP contribution in [0.25, 0.3) is 0 Å². The summed E-state index contributed by atoms with van der Waals surface area (Å²) in [6.07, 6.45) is -3.68. The smallest absolute Gasteiger partial charge is 0.433 e. The number of rotatable bonds is 5. The lowest BCUT2D eigenvalue weighted by Crippen LogP contribution is -2.60. The third-order valence-electron chi connectivity index (χ3n) is 10.1. The van der Waals surface area contributed by atoms with E-state index in [-0.39, 0.29) is 34.2 Å². The van der Waals surface area contributed by atoms with Gasteiger partial charge in [0.05, 0.1) is 29.7 Å². The fourth-order valence-electron chi connectivity index (χ4n) is 7.85. The predicted molar refractivity (Wildman–Crippen MR) is 176 cm³/mol. The number of halogens is 7. The second kappa shape index (κ2) is 11.8. The van der Waals surface area contributed by atoms with Gasteiger partial charge in [-0.3, -0.25) is 24.2 Å². The molecule has 0 bridgehead atoms. The van der Waals surface area contributed by atoms with E-state index in [1.165, 1.54) is 44.5 Å². The summed E-state index contributed by atoms with van der Waals surface area (Å²) in [4.78, 5) is 56.9. The number of methoxy groups -OCH3 is 1. The Labute approximate surface area is 302 Å². The average Bonchev–Trinajstić information content (AvgIpc) is 3.42. The highest BCUT2D eigenvalue weighted by Crippen LogP contribution is 2.66. The van der Waals surface area contributed by atoms with Gasteiger partial charge in [-0.25, -0.2) is 14.3 Å². The molecule has 3 heterocycles. The van der Waals surface area contributed by atoms with Crippen LogP contribution >= 0.6 is 34.8 Å². The zero-order valence-corrected chi connectivity index (χ0v) is 28.7. The molecule has 4 amide bonds. The molecule has 1 aromatic heterocycles. The first-order chi connectivity index (χ1) is 23.9. The summed E-state index contributed by atoms with van der Waals surface area (Å²) in [5.74, 6) is -9.38. The third-order valence-corrected chi connectivity index (χ3v) is 11.8. The standard InChI is InChI=1S/C34H25Cl3F4N4O6/c1-43(27-21(35)10-12-24(42-27)34(39,40)41)45-28(47)19-9-8-18-20(25(19)29(45)48)14-32(36)30(49)44(17-6-4-16(38)5-7-17)31(50)33(32,37)26(18)15-3-11-23(51-2)22(46)13-15/h3-8,10-13,19-20,25-26,46H,9,14H2,1-2H3/t19-,20+,25-,26-,32+,33-/m0/s1. The molecule has 2 saturated heterocycles. The summed E-state index contributed by atoms with van der Waals surface area (Å²) in [6.45, 7) is 0. The molecule has 0 spiro atoms. The number of amides is 4. The molecule has 51 heavy (non-hydrogen) atoms. The van der Waals surface area contributed by atoms with Gasteiger partial charge in [0, 0.05) is 13.0 Å². The number of carbonyl (C=O) groups is 4. The Kier molecular flexibility index (Phi) is 8.12.